The number of rotatable bonds is 3. The monoisotopic (exact) mass is 245 g/mol. The maximum absolute atomic E-state index is 11.4. The predicted octanol–water partition coefficient (Wildman–Crippen LogP) is -0.0605. The van der Waals surface area contributed by atoms with Crippen molar-refractivity contribution >= 4 is 29.0 Å². The zero-order chi connectivity index (χ0) is 12.9. The molecule has 0 aromatic rings. The molecule has 0 rings (SSSR count). The molecule has 0 aromatic carbocycles. The summed E-state index contributed by atoms with van der Waals surface area (Å²) in [6.07, 6.45) is 0. The summed E-state index contributed by atoms with van der Waals surface area (Å²) in [4.78, 5) is 22.8. The Morgan fingerprint density at radius 3 is 2.19 bits per heavy atom. The molecule has 1 unspecified atom stereocenters. The van der Waals surface area contributed by atoms with E-state index in [1.165, 1.54) is 0 Å². The van der Waals surface area contributed by atoms with E-state index in [1.807, 2.05) is 27.7 Å². The minimum absolute atomic E-state index is 0.0332. The van der Waals surface area contributed by atoms with Crippen LogP contribution in [0.15, 0.2) is 0 Å². The molecule has 5 nitrogen and oxygen atoms in total. The first kappa shape index (κ1) is 14.8. The third-order valence-electron chi connectivity index (χ3n) is 2.28. The molecule has 0 saturated heterocycles. The van der Waals surface area contributed by atoms with Crippen molar-refractivity contribution in [3.8, 4) is 0 Å². The lowest BCUT2D eigenvalue weighted by Crippen LogP contribution is -2.49. The van der Waals surface area contributed by atoms with Gasteiger partial charge in [0.25, 0.3) is 0 Å². The fourth-order valence-corrected chi connectivity index (χ4v) is 0.799. The molecule has 0 aromatic heterocycles. The Kier molecular flexibility index (Phi) is 5.37. The van der Waals surface area contributed by atoms with Crippen molar-refractivity contribution in [3.63, 3.8) is 0 Å². The third-order valence-corrected chi connectivity index (χ3v) is 2.42. The second-order valence-electron chi connectivity index (χ2n) is 4.71. The Balaban J connectivity index is 4.16. The molecule has 0 saturated carbocycles. The van der Waals surface area contributed by atoms with Crippen LogP contribution in [-0.2, 0) is 9.59 Å². The second-order valence-corrected chi connectivity index (χ2v) is 5.23. The number of carbonyl (C=O) groups excluding carboxylic acids is 2. The van der Waals surface area contributed by atoms with Crippen molar-refractivity contribution in [2.24, 2.45) is 11.1 Å². The average molecular weight is 245 g/mol. The van der Waals surface area contributed by atoms with Crippen LogP contribution in [0.25, 0.3) is 0 Å². The summed E-state index contributed by atoms with van der Waals surface area (Å²) in [5.41, 5.74) is 5.10. The molecule has 0 bridgehead atoms. The first-order valence-corrected chi connectivity index (χ1v) is 5.42. The van der Waals surface area contributed by atoms with Crippen LogP contribution >= 0.6 is 12.2 Å². The molecule has 6 heteroatoms. The van der Waals surface area contributed by atoms with Crippen molar-refractivity contribution in [3.05, 3.63) is 0 Å². The molecular formula is C10H19N3O2S. The molecular weight excluding hydrogens is 226 g/mol. The van der Waals surface area contributed by atoms with Gasteiger partial charge in [-0.2, -0.15) is 0 Å². The zero-order valence-corrected chi connectivity index (χ0v) is 10.9. The largest absolute Gasteiger partial charge is 0.392 e. The number of carbonyl (C=O) groups is 2. The van der Waals surface area contributed by atoms with Gasteiger partial charge in [0.15, 0.2) is 0 Å². The summed E-state index contributed by atoms with van der Waals surface area (Å²) >= 11 is 4.58. The smallest absolute Gasteiger partial charge is 0.309 e. The Morgan fingerprint density at radius 1 is 1.31 bits per heavy atom. The van der Waals surface area contributed by atoms with Crippen molar-refractivity contribution in [2.45, 2.75) is 33.7 Å². The fourth-order valence-electron chi connectivity index (χ4n) is 0.726. The summed E-state index contributed by atoms with van der Waals surface area (Å²) in [5, 5.41) is 4.93. The van der Waals surface area contributed by atoms with E-state index in [0.29, 0.717) is 0 Å². The van der Waals surface area contributed by atoms with Gasteiger partial charge in [-0.25, -0.2) is 0 Å². The minimum atomic E-state index is -0.719. The second kappa shape index (κ2) is 5.79. The Bertz CT molecular complexity index is 297. The topological polar surface area (TPSA) is 84.2 Å². The third kappa shape index (κ3) is 5.65. The highest BCUT2D eigenvalue weighted by atomic mass is 32.1. The van der Waals surface area contributed by atoms with Crippen LogP contribution in [-0.4, -0.2) is 29.4 Å². The Labute approximate surface area is 101 Å². The molecule has 0 fully saturated rings. The molecule has 0 aliphatic heterocycles. The summed E-state index contributed by atoms with van der Waals surface area (Å²) in [6, 6.07) is -0.101. The highest BCUT2D eigenvalue weighted by molar-refractivity contribution is 7.80. The van der Waals surface area contributed by atoms with Crippen LogP contribution in [0.4, 0.5) is 0 Å². The van der Waals surface area contributed by atoms with Gasteiger partial charge >= 0.3 is 11.8 Å². The van der Waals surface area contributed by atoms with Gasteiger partial charge in [-0.15, -0.1) is 0 Å². The molecule has 0 aliphatic rings. The van der Waals surface area contributed by atoms with Crippen LogP contribution in [0.5, 0.6) is 0 Å². The normalized spacial score (nSPS) is 12.8. The van der Waals surface area contributed by atoms with Crippen molar-refractivity contribution in [2.75, 3.05) is 6.54 Å². The van der Waals surface area contributed by atoms with Crippen LogP contribution in [0, 0.1) is 5.41 Å². The predicted molar refractivity (Wildman–Crippen MR) is 66.9 cm³/mol. The van der Waals surface area contributed by atoms with Gasteiger partial charge in [-0.3, -0.25) is 9.59 Å². The molecule has 0 radical (unpaired) electrons. The lowest BCUT2D eigenvalue weighted by molar-refractivity contribution is -0.139. The van der Waals surface area contributed by atoms with Crippen LogP contribution in [0.2, 0.25) is 0 Å². The van der Waals surface area contributed by atoms with E-state index in [1.54, 1.807) is 0 Å². The quantitative estimate of drug-likeness (QED) is 0.480. The van der Waals surface area contributed by atoms with E-state index in [2.05, 4.69) is 22.9 Å². The van der Waals surface area contributed by atoms with E-state index in [9.17, 15) is 9.59 Å². The van der Waals surface area contributed by atoms with E-state index in [4.69, 9.17) is 5.73 Å². The minimum Gasteiger partial charge on any atom is -0.392 e. The molecule has 16 heavy (non-hydrogen) atoms. The molecule has 0 spiro atoms. The van der Waals surface area contributed by atoms with Gasteiger partial charge in [0.1, 0.15) is 0 Å². The van der Waals surface area contributed by atoms with Crippen LogP contribution in [0.3, 0.4) is 0 Å². The highest BCUT2D eigenvalue weighted by Gasteiger charge is 2.24. The maximum Gasteiger partial charge on any atom is 0.309 e. The first-order chi connectivity index (χ1) is 7.14. The van der Waals surface area contributed by atoms with Crippen LogP contribution < -0.4 is 16.4 Å². The Hall–Kier alpha value is -1.17. The fraction of sp³-hybridized carbons (Fsp3) is 0.700. The van der Waals surface area contributed by atoms with Gasteiger partial charge in [0.05, 0.1) is 11.5 Å². The van der Waals surface area contributed by atoms with Crippen molar-refractivity contribution in [1.82, 2.24) is 10.6 Å². The van der Waals surface area contributed by atoms with Gasteiger partial charge in [-0.1, -0.05) is 33.0 Å². The van der Waals surface area contributed by atoms with Crippen molar-refractivity contribution < 1.29 is 9.59 Å². The number of nitrogens with two attached hydrogens (primary N) is 1. The van der Waals surface area contributed by atoms with E-state index in [0.717, 1.165) is 0 Å². The van der Waals surface area contributed by atoms with Crippen molar-refractivity contribution in [1.29, 1.82) is 0 Å². The molecule has 2 amide bonds. The number of thiocarbonyl (C=S) groups is 1. The van der Waals surface area contributed by atoms with Gasteiger partial charge < -0.3 is 16.4 Å². The first-order valence-electron chi connectivity index (χ1n) is 5.01. The average Bonchev–Trinajstić information content (AvgIpc) is 2.12. The number of hydrogen-bond acceptors (Lipinski definition) is 3. The van der Waals surface area contributed by atoms with Gasteiger partial charge in [-0.05, 0) is 12.3 Å². The highest BCUT2D eigenvalue weighted by Crippen LogP contribution is 2.18. The molecule has 4 N–H and O–H groups in total. The number of nitrogens with one attached hydrogen (secondary N) is 2. The van der Waals surface area contributed by atoms with E-state index >= 15 is 0 Å². The van der Waals surface area contributed by atoms with Gasteiger partial charge in [0, 0.05) is 6.04 Å². The van der Waals surface area contributed by atoms with Crippen LogP contribution in [0.1, 0.15) is 27.7 Å². The lowest BCUT2D eigenvalue weighted by Gasteiger charge is -2.27. The van der Waals surface area contributed by atoms with Gasteiger partial charge in [0.2, 0.25) is 0 Å². The van der Waals surface area contributed by atoms with E-state index in [-0.39, 0.29) is 23.0 Å². The molecule has 1 atom stereocenters. The molecule has 0 aliphatic carbocycles. The molecule has 92 valence electrons. The molecule has 0 heterocycles. The Morgan fingerprint density at radius 2 is 1.81 bits per heavy atom. The zero-order valence-electron chi connectivity index (χ0n) is 10.1. The number of hydrogen-bond donors (Lipinski definition) is 3. The lowest BCUT2D eigenvalue weighted by atomic mass is 9.88. The SMILES string of the molecule is CC(NC(=O)C(=O)NCC(N)=S)C(C)(C)C. The summed E-state index contributed by atoms with van der Waals surface area (Å²) < 4.78 is 0. The summed E-state index contributed by atoms with van der Waals surface area (Å²) in [5.74, 6) is -1.39. The summed E-state index contributed by atoms with van der Waals surface area (Å²) in [7, 11) is 0. The van der Waals surface area contributed by atoms with E-state index < -0.39 is 11.8 Å². The maximum atomic E-state index is 11.4. The number of amides is 2. The summed E-state index contributed by atoms with van der Waals surface area (Å²) in [6.45, 7) is 7.81. The standard InChI is InChI=1S/C10H19N3O2S/c1-6(10(2,3)4)13-9(15)8(14)12-5-7(11)16/h6H,5H2,1-4H3,(H2,11,16)(H,12,14)(H,13,15).